The summed E-state index contributed by atoms with van der Waals surface area (Å²) in [5.41, 5.74) is 2.95. The highest BCUT2D eigenvalue weighted by Crippen LogP contribution is 2.51. The minimum atomic E-state index is -0.654. The zero-order valence-corrected chi connectivity index (χ0v) is 23.1. The maximum atomic E-state index is 12.9. The van der Waals surface area contributed by atoms with Gasteiger partial charge in [-0.3, -0.25) is 14.6 Å². The highest BCUT2D eigenvalue weighted by atomic mass is 35.5. The molecule has 1 amide bonds. The van der Waals surface area contributed by atoms with Crippen molar-refractivity contribution >= 4 is 41.6 Å². The molecule has 0 aromatic heterocycles. The van der Waals surface area contributed by atoms with Gasteiger partial charge in [-0.15, -0.1) is 0 Å². The Balaban J connectivity index is 1.78. The Morgan fingerprint density at radius 3 is 2.06 bits per heavy atom. The molecule has 2 aromatic carbocycles. The number of hydrogen-bond acceptors (Lipinski definition) is 3. The van der Waals surface area contributed by atoms with Crippen LogP contribution in [-0.2, 0) is 4.79 Å². The van der Waals surface area contributed by atoms with Crippen molar-refractivity contribution in [2.75, 3.05) is 0 Å². The Morgan fingerprint density at radius 2 is 1.58 bits per heavy atom. The summed E-state index contributed by atoms with van der Waals surface area (Å²) < 4.78 is 0. The van der Waals surface area contributed by atoms with Crippen molar-refractivity contribution in [3.63, 3.8) is 0 Å². The summed E-state index contributed by atoms with van der Waals surface area (Å²) in [5, 5.41) is 1.13. The van der Waals surface area contributed by atoms with Crippen molar-refractivity contribution in [2.24, 2.45) is 22.2 Å². The van der Waals surface area contributed by atoms with Gasteiger partial charge in [-0.2, -0.15) is 0 Å². The van der Waals surface area contributed by atoms with Crippen LogP contribution in [0.25, 0.3) is 0 Å². The Hall–Kier alpha value is -2.17. The highest BCUT2D eigenvalue weighted by molar-refractivity contribution is 6.35. The number of carbonyl (C=O) groups excluding carboxylic acids is 2. The first kappa shape index (κ1) is 26.9. The molecule has 4 nitrogen and oxygen atoms in total. The lowest BCUT2D eigenvalue weighted by Crippen LogP contribution is -2.52. The van der Waals surface area contributed by atoms with Crippen LogP contribution >= 0.6 is 23.2 Å². The molecule has 4 rings (SSSR count). The molecule has 2 aliphatic carbocycles. The number of hydrogen-bond donors (Lipinski definition) is 0. The van der Waals surface area contributed by atoms with Gasteiger partial charge in [-0.25, -0.2) is 0 Å². The smallest absolute Gasteiger partial charge is 0.212 e. The van der Waals surface area contributed by atoms with Gasteiger partial charge in [0.25, 0.3) is 0 Å². The molecule has 2 fully saturated rings. The normalized spacial score (nSPS) is 23.7. The number of aliphatic imine (C=N–C) groups is 1. The van der Waals surface area contributed by atoms with Crippen LogP contribution in [-0.4, -0.2) is 29.0 Å². The highest BCUT2D eigenvalue weighted by Gasteiger charge is 2.48. The van der Waals surface area contributed by atoms with Crippen molar-refractivity contribution in [3.8, 4) is 0 Å². The molecule has 36 heavy (non-hydrogen) atoms. The van der Waals surface area contributed by atoms with Crippen LogP contribution < -0.4 is 0 Å². The van der Waals surface area contributed by atoms with Gasteiger partial charge in [-0.05, 0) is 92.0 Å². The predicted octanol–water partition coefficient (Wildman–Crippen LogP) is 8.16. The van der Waals surface area contributed by atoms with Gasteiger partial charge in [0.05, 0.1) is 6.04 Å². The second-order valence-electron chi connectivity index (χ2n) is 11.6. The van der Waals surface area contributed by atoms with Crippen molar-refractivity contribution in [1.82, 2.24) is 4.90 Å². The molecule has 0 aliphatic heterocycles. The molecule has 6 heteroatoms. The first-order chi connectivity index (χ1) is 17.1. The minimum absolute atomic E-state index is 0.0751. The van der Waals surface area contributed by atoms with Crippen LogP contribution in [0.4, 0.5) is 0 Å². The number of nitrogens with zero attached hydrogens (tertiary/aromatic N) is 2. The van der Waals surface area contributed by atoms with Gasteiger partial charge >= 0.3 is 0 Å². The van der Waals surface area contributed by atoms with Crippen LogP contribution in [0.15, 0.2) is 47.5 Å². The van der Waals surface area contributed by atoms with Crippen molar-refractivity contribution in [3.05, 3.63) is 69.2 Å². The summed E-state index contributed by atoms with van der Waals surface area (Å²) >= 11 is 12.6. The van der Waals surface area contributed by atoms with E-state index in [1.807, 2.05) is 48.2 Å². The number of aldehydes is 1. The average molecular weight is 528 g/mol. The third-order valence-electron chi connectivity index (χ3n) is 8.04. The third-order valence-corrected chi connectivity index (χ3v) is 8.48. The zero-order chi connectivity index (χ0) is 26.1. The number of rotatable bonds is 8. The molecule has 2 aromatic rings. The Bertz CT molecular complexity index is 1100. The second-order valence-corrected chi connectivity index (χ2v) is 12.4. The number of carbonyl (C=O) groups is 2. The predicted molar refractivity (Wildman–Crippen MR) is 148 cm³/mol. The van der Waals surface area contributed by atoms with E-state index >= 15 is 0 Å². The SMILES string of the molecule is C/C(=N\C1(N(C=O)C(c2ccc(C=O)cc2)C2CC2)CCC(C(C)(C)C)CC1)c1cc(Cl)cc(Cl)c1. The van der Waals surface area contributed by atoms with Crippen LogP contribution in [0, 0.1) is 17.3 Å². The molecule has 2 aliphatic rings. The van der Waals surface area contributed by atoms with E-state index in [0.29, 0.717) is 27.4 Å². The van der Waals surface area contributed by atoms with E-state index in [4.69, 9.17) is 28.2 Å². The van der Waals surface area contributed by atoms with E-state index in [9.17, 15) is 9.59 Å². The largest absolute Gasteiger partial charge is 0.313 e. The zero-order valence-electron chi connectivity index (χ0n) is 21.6. The van der Waals surface area contributed by atoms with E-state index in [2.05, 4.69) is 20.8 Å². The minimum Gasteiger partial charge on any atom is -0.313 e. The van der Waals surface area contributed by atoms with Crippen molar-refractivity contribution in [1.29, 1.82) is 0 Å². The molecule has 1 atom stereocenters. The van der Waals surface area contributed by atoms with Gasteiger partial charge in [-0.1, -0.05) is 68.2 Å². The van der Waals surface area contributed by atoms with Gasteiger partial charge in [0.15, 0.2) is 0 Å². The van der Waals surface area contributed by atoms with Gasteiger partial charge in [0, 0.05) is 21.3 Å². The topological polar surface area (TPSA) is 49.7 Å². The van der Waals surface area contributed by atoms with Crippen LogP contribution in [0.3, 0.4) is 0 Å². The summed E-state index contributed by atoms with van der Waals surface area (Å²) in [7, 11) is 0. The average Bonchev–Trinajstić information content (AvgIpc) is 3.67. The first-order valence-electron chi connectivity index (χ1n) is 12.9. The van der Waals surface area contributed by atoms with Gasteiger partial charge in [0.1, 0.15) is 11.9 Å². The molecule has 0 N–H and O–H groups in total. The fourth-order valence-electron chi connectivity index (χ4n) is 5.78. The number of amides is 1. The first-order valence-corrected chi connectivity index (χ1v) is 13.6. The standard InChI is InChI=1S/C30H36Cl2N2O2/c1-20(24-15-26(31)17-27(32)16-24)33-30(13-11-25(12-14-30)29(2,3)4)34(19-36)28(23-9-10-23)22-7-5-21(18-35)6-8-22/h5-8,15-19,23,25,28H,9-14H2,1-4H3/b33-20+. The summed E-state index contributed by atoms with van der Waals surface area (Å²) in [6, 6.07) is 13.1. The van der Waals surface area contributed by atoms with Gasteiger partial charge < -0.3 is 4.90 Å². The maximum absolute atomic E-state index is 12.9. The lowest BCUT2D eigenvalue weighted by Gasteiger charge is -2.49. The van der Waals surface area contributed by atoms with E-state index in [1.165, 1.54) is 0 Å². The van der Waals surface area contributed by atoms with Crippen LogP contribution in [0.2, 0.25) is 10.0 Å². The molecule has 1 unspecified atom stereocenters. The summed E-state index contributed by atoms with van der Waals surface area (Å²) in [5.74, 6) is 0.965. The monoisotopic (exact) mass is 526 g/mol. The molecule has 0 radical (unpaired) electrons. The molecule has 192 valence electrons. The van der Waals surface area contributed by atoms with E-state index < -0.39 is 5.66 Å². The molecule has 0 saturated heterocycles. The lowest BCUT2D eigenvalue weighted by atomic mass is 9.69. The summed E-state index contributed by atoms with van der Waals surface area (Å²) in [4.78, 5) is 31.5. The molecule has 0 heterocycles. The maximum Gasteiger partial charge on any atom is 0.212 e. The second kappa shape index (κ2) is 10.7. The quantitative estimate of drug-likeness (QED) is 0.257. The third kappa shape index (κ3) is 5.86. The molecular weight excluding hydrogens is 491 g/mol. The molecule has 2 saturated carbocycles. The summed E-state index contributed by atoms with van der Waals surface area (Å²) in [6.07, 6.45) is 7.63. The molecule has 0 spiro atoms. The van der Waals surface area contributed by atoms with Crippen molar-refractivity contribution in [2.45, 2.75) is 77.9 Å². The Morgan fingerprint density at radius 1 is 1.00 bits per heavy atom. The Kier molecular flexibility index (Phi) is 7.97. The fourth-order valence-corrected chi connectivity index (χ4v) is 6.31. The van der Waals surface area contributed by atoms with E-state index in [1.54, 1.807) is 6.07 Å². The van der Waals surface area contributed by atoms with Crippen LogP contribution in [0.5, 0.6) is 0 Å². The molecule has 0 bridgehead atoms. The van der Waals surface area contributed by atoms with Crippen LogP contribution in [0.1, 0.15) is 93.7 Å². The Labute approximate surface area is 225 Å². The number of halogens is 2. The van der Waals surface area contributed by atoms with Gasteiger partial charge in [0.2, 0.25) is 6.41 Å². The van der Waals surface area contributed by atoms with Crippen molar-refractivity contribution < 1.29 is 9.59 Å². The van der Waals surface area contributed by atoms with E-state index in [-0.39, 0.29) is 11.5 Å². The lowest BCUT2D eigenvalue weighted by molar-refractivity contribution is -0.131. The molecular formula is C30H36Cl2N2O2. The summed E-state index contributed by atoms with van der Waals surface area (Å²) in [6.45, 7) is 8.87. The number of benzene rings is 2. The fraction of sp³-hybridized carbons (Fsp3) is 0.500. The van der Waals surface area contributed by atoms with E-state index in [0.717, 1.165) is 68.1 Å².